The fraction of sp³-hybridized carbons (Fsp3) is 1.00. The average molecular weight is 250 g/mol. The van der Waals surface area contributed by atoms with Crippen molar-refractivity contribution < 1.29 is 13.2 Å². The molecule has 0 radical (unpaired) electrons. The lowest BCUT2D eigenvalue weighted by Gasteiger charge is -2.18. The van der Waals surface area contributed by atoms with Crippen LogP contribution >= 0.6 is 0 Å². The van der Waals surface area contributed by atoms with E-state index in [0.29, 0.717) is 11.5 Å². The Bertz CT molecular complexity index is 292. The number of hydrogen-bond acceptors (Lipinski definition) is 5. The first-order valence-electron chi connectivity index (χ1n) is 5.65. The van der Waals surface area contributed by atoms with Gasteiger partial charge in [-0.15, -0.1) is 0 Å². The zero-order valence-electron chi connectivity index (χ0n) is 10.1. The van der Waals surface area contributed by atoms with E-state index in [4.69, 9.17) is 4.74 Å². The van der Waals surface area contributed by atoms with Crippen molar-refractivity contribution in [3.63, 3.8) is 0 Å². The van der Waals surface area contributed by atoms with E-state index in [1.165, 1.54) is 0 Å². The van der Waals surface area contributed by atoms with Gasteiger partial charge >= 0.3 is 0 Å². The molecule has 1 unspecified atom stereocenters. The second-order valence-electron chi connectivity index (χ2n) is 4.35. The molecule has 16 heavy (non-hydrogen) atoms. The topological polar surface area (TPSA) is 58.6 Å². The van der Waals surface area contributed by atoms with Crippen molar-refractivity contribution in [3.8, 4) is 0 Å². The first kappa shape index (κ1) is 13.9. The van der Waals surface area contributed by atoms with Crippen molar-refractivity contribution in [1.29, 1.82) is 0 Å². The fourth-order valence-electron chi connectivity index (χ4n) is 1.77. The molecule has 1 fully saturated rings. The van der Waals surface area contributed by atoms with E-state index in [1.807, 2.05) is 7.05 Å². The third-order valence-corrected chi connectivity index (χ3v) is 4.60. The Morgan fingerprint density at radius 3 is 2.75 bits per heavy atom. The van der Waals surface area contributed by atoms with Crippen LogP contribution in [-0.2, 0) is 14.6 Å². The summed E-state index contributed by atoms with van der Waals surface area (Å²) in [6.45, 7) is 3.38. The maximum Gasteiger partial charge on any atom is 0.151 e. The van der Waals surface area contributed by atoms with Gasteiger partial charge in [0.15, 0.2) is 9.84 Å². The highest BCUT2D eigenvalue weighted by atomic mass is 32.2. The predicted molar refractivity (Wildman–Crippen MR) is 64.4 cm³/mol. The standard InChI is InChI=1S/C10H22N2O3S/c1-12(6-7-15-2)5-4-11-10-3-8-16(13,14)9-10/h10-11H,3-9H2,1-2H3. The van der Waals surface area contributed by atoms with Crippen LogP contribution in [-0.4, -0.2) is 71.3 Å². The van der Waals surface area contributed by atoms with Crippen LogP contribution in [0, 0.1) is 0 Å². The summed E-state index contributed by atoms with van der Waals surface area (Å²) < 4.78 is 27.4. The zero-order valence-corrected chi connectivity index (χ0v) is 10.9. The van der Waals surface area contributed by atoms with Gasteiger partial charge in [-0.1, -0.05) is 0 Å². The molecule has 1 heterocycles. The normalized spacial score (nSPS) is 24.1. The van der Waals surface area contributed by atoms with E-state index in [9.17, 15) is 8.42 Å². The average Bonchev–Trinajstić information content (AvgIpc) is 2.55. The summed E-state index contributed by atoms with van der Waals surface area (Å²) in [7, 11) is 0.967. The minimum Gasteiger partial charge on any atom is -0.383 e. The molecule has 1 saturated heterocycles. The molecular weight excluding hydrogens is 228 g/mol. The molecule has 0 amide bonds. The van der Waals surface area contributed by atoms with Crippen molar-refractivity contribution in [2.45, 2.75) is 12.5 Å². The molecule has 0 aliphatic carbocycles. The quantitative estimate of drug-likeness (QED) is 0.650. The summed E-state index contributed by atoms with van der Waals surface area (Å²) in [5.74, 6) is 0.638. The Kier molecular flexibility index (Phi) is 5.68. The van der Waals surface area contributed by atoms with E-state index in [1.54, 1.807) is 7.11 Å². The Labute approximate surface area is 98.1 Å². The van der Waals surface area contributed by atoms with E-state index in [2.05, 4.69) is 10.2 Å². The maximum absolute atomic E-state index is 11.2. The van der Waals surface area contributed by atoms with Gasteiger partial charge in [0.1, 0.15) is 0 Å². The van der Waals surface area contributed by atoms with Gasteiger partial charge in [0.25, 0.3) is 0 Å². The summed E-state index contributed by atoms with van der Waals surface area (Å²) in [6.07, 6.45) is 0.754. The number of methoxy groups -OCH3 is 1. The fourth-order valence-corrected chi connectivity index (χ4v) is 3.48. The van der Waals surface area contributed by atoms with Crippen LogP contribution in [0.25, 0.3) is 0 Å². The number of rotatable bonds is 7. The number of nitrogens with one attached hydrogen (secondary N) is 1. The SMILES string of the molecule is COCCN(C)CCNC1CCS(=O)(=O)C1. The monoisotopic (exact) mass is 250 g/mol. The van der Waals surface area contributed by atoms with Gasteiger partial charge in [0.2, 0.25) is 0 Å². The number of nitrogens with zero attached hydrogens (tertiary/aromatic N) is 1. The minimum absolute atomic E-state index is 0.154. The number of ether oxygens (including phenoxy) is 1. The van der Waals surface area contributed by atoms with E-state index in [0.717, 1.165) is 32.7 Å². The lowest BCUT2D eigenvalue weighted by Crippen LogP contribution is -2.37. The lowest BCUT2D eigenvalue weighted by molar-refractivity contribution is 0.161. The first-order chi connectivity index (χ1) is 7.53. The smallest absolute Gasteiger partial charge is 0.151 e. The van der Waals surface area contributed by atoms with E-state index in [-0.39, 0.29) is 6.04 Å². The summed E-state index contributed by atoms with van der Waals surface area (Å²) in [4.78, 5) is 2.17. The highest BCUT2D eigenvalue weighted by Gasteiger charge is 2.26. The third kappa shape index (κ3) is 5.25. The summed E-state index contributed by atoms with van der Waals surface area (Å²) >= 11 is 0. The van der Waals surface area contributed by atoms with Crippen molar-refractivity contribution >= 4 is 9.84 Å². The highest BCUT2D eigenvalue weighted by molar-refractivity contribution is 7.91. The molecule has 0 aromatic rings. The van der Waals surface area contributed by atoms with Gasteiger partial charge in [0, 0.05) is 32.8 Å². The van der Waals surface area contributed by atoms with Crippen LogP contribution in [0.15, 0.2) is 0 Å². The molecular formula is C10H22N2O3S. The Hall–Kier alpha value is -0.170. The second-order valence-corrected chi connectivity index (χ2v) is 6.58. The minimum atomic E-state index is -2.76. The van der Waals surface area contributed by atoms with E-state index >= 15 is 0 Å². The van der Waals surface area contributed by atoms with Gasteiger partial charge in [-0.25, -0.2) is 8.42 Å². The number of likely N-dealkylation sites (N-methyl/N-ethyl adjacent to an activating group) is 1. The van der Waals surface area contributed by atoms with Crippen LogP contribution in [0.5, 0.6) is 0 Å². The van der Waals surface area contributed by atoms with Crippen LogP contribution < -0.4 is 5.32 Å². The van der Waals surface area contributed by atoms with Crippen molar-refractivity contribution in [1.82, 2.24) is 10.2 Å². The van der Waals surface area contributed by atoms with Gasteiger partial charge in [-0.2, -0.15) is 0 Å². The van der Waals surface area contributed by atoms with Crippen LogP contribution in [0.1, 0.15) is 6.42 Å². The van der Waals surface area contributed by atoms with Crippen molar-refractivity contribution in [2.75, 3.05) is 51.9 Å². The van der Waals surface area contributed by atoms with Crippen LogP contribution in [0.4, 0.5) is 0 Å². The summed E-state index contributed by atoms with van der Waals surface area (Å²) in [5, 5.41) is 3.28. The van der Waals surface area contributed by atoms with Crippen LogP contribution in [0.2, 0.25) is 0 Å². The van der Waals surface area contributed by atoms with Gasteiger partial charge in [-0.3, -0.25) is 0 Å². The largest absolute Gasteiger partial charge is 0.383 e. The lowest BCUT2D eigenvalue weighted by atomic mass is 10.2. The zero-order chi connectivity index (χ0) is 12.0. The Morgan fingerprint density at radius 2 is 2.19 bits per heavy atom. The molecule has 1 rings (SSSR count). The van der Waals surface area contributed by atoms with Gasteiger partial charge < -0.3 is 15.0 Å². The highest BCUT2D eigenvalue weighted by Crippen LogP contribution is 2.10. The number of sulfone groups is 1. The first-order valence-corrected chi connectivity index (χ1v) is 7.47. The van der Waals surface area contributed by atoms with Crippen molar-refractivity contribution in [2.24, 2.45) is 0 Å². The third-order valence-electron chi connectivity index (χ3n) is 2.84. The molecule has 1 atom stereocenters. The van der Waals surface area contributed by atoms with E-state index < -0.39 is 9.84 Å². The molecule has 0 aromatic carbocycles. The van der Waals surface area contributed by atoms with Crippen LogP contribution in [0.3, 0.4) is 0 Å². The van der Waals surface area contributed by atoms with Gasteiger partial charge in [0.05, 0.1) is 18.1 Å². The molecule has 0 spiro atoms. The molecule has 1 aliphatic rings. The predicted octanol–water partition coefficient (Wildman–Crippen LogP) is -0.659. The summed E-state index contributed by atoms with van der Waals surface area (Å²) in [5.41, 5.74) is 0. The Morgan fingerprint density at radius 1 is 1.44 bits per heavy atom. The second kappa shape index (κ2) is 6.54. The summed E-state index contributed by atoms with van der Waals surface area (Å²) in [6, 6.07) is 0.154. The number of hydrogen-bond donors (Lipinski definition) is 1. The van der Waals surface area contributed by atoms with Gasteiger partial charge in [-0.05, 0) is 13.5 Å². The Balaban J connectivity index is 2.08. The maximum atomic E-state index is 11.2. The molecule has 96 valence electrons. The molecule has 1 aliphatic heterocycles. The molecule has 0 bridgehead atoms. The molecule has 5 nitrogen and oxygen atoms in total. The molecule has 1 N–H and O–H groups in total. The molecule has 0 saturated carbocycles. The van der Waals surface area contributed by atoms with Crippen molar-refractivity contribution in [3.05, 3.63) is 0 Å². The molecule has 0 aromatic heterocycles. The molecule has 6 heteroatoms.